The van der Waals surface area contributed by atoms with Gasteiger partial charge < -0.3 is 64.4 Å². The number of unbranched alkanes of at least 4 members (excludes halogenated alkanes) is 2. The SMILES string of the molecule is CCC1CC(C(=O)CCCCc2cn(CCCCC(=O)Nc3cccc4cc(C)cc(S(=O)(=O)O)c34)nn2)CC(OC2OC(CO)C(O)C(O[C@@H](CC3CCCCC3)C(=O)O)C2OC(=O)c2ccccc2)C1OC1OC(C)C(O)C(O)C1O. The van der Waals surface area contributed by atoms with E-state index in [1.54, 1.807) is 54.1 Å². The van der Waals surface area contributed by atoms with Gasteiger partial charge in [0, 0.05) is 42.6 Å². The number of carbonyl (C=O) groups is 4. The number of anilines is 1. The van der Waals surface area contributed by atoms with Gasteiger partial charge in [-0.1, -0.05) is 87.1 Å². The predicted octanol–water partition coefficient (Wildman–Crippen LogP) is 5.22. The summed E-state index contributed by atoms with van der Waals surface area (Å²) >= 11 is 0. The lowest BCUT2D eigenvalue weighted by atomic mass is 9.74. The van der Waals surface area contributed by atoms with Crippen molar-refractivity contribution in [2.24, 2.45) is 17.8 Å². The molecule has 14 unspecified atom stereocenters. The van der Waals surface area contributed by atoms with Crippen molar-refractivity contribution in [1.29, 1.82) is 0 Å². The topological polar surface area (TPSA) is 342 Å². The first kappa shape index (κ1) is 63.7. The van der Waals surface area contributed by atoms with Gasteiger partial charge in [0.05, 0.1) is 36.2 Å². The molecule has 8 N–H and O–H groups in total. The molecular formula is C59H80N4O19S. The Morgan fingerprint density at radius 2 is 1.58 bits per heavy atom. The maximum absolute atomic E-state index is 14.4. The van der Waals surface area contributed by atoms with Gasteiger partial charge in [0.1, 0.15) is 47.3 Å². The standard InChI is InChI=1S/C59H80N4O19S/c1-4-36-29-39(42(65)23-12-11-21-40-31-63(62-61-40)25-14-13-24-47(66)60-41-22-15-20-38-26-33(2)27-46(48(38)41)83(74,75)76)30-43(53(36)82-58-52(70)51(69)49(67)34(3)77-58)79-59-55(81-57(73)37-18-9-6-10-19-37)54(50(68)45(32-64)80-59)78-44(56(71)72)28-35-16-7-5-8-17-35/h6,9-10,15,18-20,22,26-27,31,34-36,39,43-45,49-55,58-59,64,67-70H,4-5,7-8,11-14,16-17,21,23-25,28-30,32H2,1-3H3,(H,60,66)(H,71,72)(H,74,75,76)/t34?,36?,39?,43?,44-,45?,49?,50?,51?,52?,53?,54?,55?,58?,59?/m0/s1. The molecule has 3 heterocycles. The first-order valence-corrected chi connectivity index (χ1v) is 30.5. The fourth-order valence-electron chi connectivity index (χ4n) is 12.1. The number of carbonyl (C=O) groups excluding carboxylic acids is 3. The molecule has 4 aliphatic rings. The van der Waals surface area contributed by atoms with Crippen LogP contribution in [0, 0.1) is 24.7 Å². The molecule has 2 saturated heterocycles. The molecule has 83 heavy (non-hydrogen) atoms. The third-order valence-electron chi connectivity index (χ3n) is 16.6. The molecular weight excluding hydrogens is 1100 g/mol. The number of hydrogen-bond donors (Lipinski definition) is 8. The van der Waals surface area contributed by atoms with Crippen LogP contribution in [-0.2, 0) is 65.9 Å². The minimum atomic E-state index is -4.57. The van der Waals surface area contributed by atoms with E-state index >= 15 is 0 Å². The van der Waals surface area contributed by atoms with Crippen LogP contribution in [-0.4, -0.2) is 169 Å². The average Bonchev–Trinajstić information content (AvgIpc) is 3.35. The molecule has 1 amide bonds. The molecule has 2 aliphatic heterocycles. The molecule has 2 saturated carbocycles. The second-order valence-electron chi connectivity index (χ2n) is 22.7. The number of nitrogens with one attached hydrogen (secondary N) is 1. The first-order chi connectivity index (χ1) is 39.7. The van der Waals surface area contributed by atoms with Gasteiger partial charge in [0.2, 0.25) is 5.91 Å². The van der Waals surface area contributed by atoms with Gasteiger partial charge in [0.25, 0.3) is 10.1 Å². The number of aliphatic hydroxyl groups is 5. The zero-order valence-electron chi connectivity index (χ0n) is 47.1. The van der Waals surface area contributed by atoms with Gasteiger partial charge in [-0.15, -0.1) is 5.10 Å². The Bertz CT molecular complexity index is 2920. The summed E-state index contributed by atoms with van der Waals surface area (Å²) in [6, 6.07) is 16.1. The van der Waals surface area contributed by atoms with Crippen molar-refractivity contribution in [2.75, 3.05) is 11.9 Å². The number of aryl methyl sites for hydroxylation is 3. The number of ketones is 1. The number of ether oxygens (including phenoxy) is 6. The third-order valence-corrected chi connectivity index (χ3v) is 17.5. The van der Waals surface area contributed by atoms with E-state index in [2.05, 4.69) is 15.6 Å². The van der Waals surface area contributed by atoms with Crippen LogP contribution in [0.15, 0.2) is 71.8 Å². The summed E-state index contributed by atoms with van der Waals surface area (Å²) in [5.74, 6) is -3.62. The van der Waals surface area contributed by atoms with Crippen molar-refractivity contribution in [3.05, 3.63) is 83.7 Å². The normalized spacial score (nSPS) is 29.3. The highest BCUT2D eigenvalue weighted by atomic mass is 32.2. The summed E-state index contributed by atoms with van der Waals surface area (Å²) < 4.78 is 73.9. The van der Waals surface area contributed by atoms with Crippen molar-refractivity contribution >= 4 is 50.2 Å². The molecule has 15 atom stereocenters. The van der Waals surface area contributed by atoms with Crippen LogP contribution in [0.1, 0.15) is 132 Å². The minimum absolute atomic E-state index is 0.00784. The highest BCUT2D eigenvalue weighted by Gasteiger charge is 2.54. The van der Waals surface area contributed by atoms with E-state index in [1.807, 2.05) is 13.1 Å². The van der Waals surface area contributed by atoms with E-state index in [9.17, 15) is 62.8 Å². The van der Waals surface area contributed by atoms with E-state index in [-0.39, 0.29) is 64.8 Å². The van der Waals surface area contributed by atoms with Crippen molar-refractivity contribution in [2.45, 2.75) is 215 Å². The summed E-state index contributed by atoms with van der Waals surface area (Å²) in [7, 11) is -4.57. The van der Waals surface area contributed by atoms with Crippen LogP contribution in [0.4, 0.5) is 5.69 Å². The Morgan fingerprint density at radius 1 is 0.831 bits per heavy atom. The van der Waals surface area contributed by atoms with Crippen molar-refractivity contribution in [1.82, 2.24) is 15.0 Å². The first-order valence-electron chi connectivity index (χ1n) is 29.0. The maximum atomic E-state index is 14.4. The van der Waals surface area contributed by atoms with Gasteiger partial charge in [-0.05, 0) is 112 Å². The number of carboxylic acids is 1. The number of Topliss-reactive ketones (excluding diaryl/α,β-unsaturated/α-hetero) is 1. The lowest BCUT2D eigenvalue weighted by Crippen LogP contribution is -2.64. The summed E-state index contributed by atoms with van der Waals surface area (Å²) in [5, 5.41) is 77.5. The molecule has 2 aliphatic carbocycles. The van der Waals surface area contributed by atoms with Crippen molar-refractivity contribution in [3.8, 4) is 0 Å². The number of aliphatic hydroxyl groups excluding tert-OH is 5. The molecule has 24 heteroatoms. The number of benzene rings is 3. The summed E-state index contributed by atoms with van der Waals surface area (Å²) in [6.07, 6.45) is -8.66. The molecule has 8 rings (SSSR count). The van der Waals surface area contributed by atoms with Gasteiger partial charge >= 0.3 is 11.9 Å². The van der Waals surface area contributed by atoms with Crippen LogP contribution >= 0.6 is 0 Å². The van der Waals surface area contributed by atoms with E-state index < -0.39 is 120 Å². The number of carboxylic acid groups (broad SMARTS) is 1. The van der Waals surface area contributed by atoms with Crippen molar-refractivity contribution < 1.29 is 91.2 Å². The van der Waals surface area contributed by atoms with Gasteiger partial charge in [0.15, 0.2) is 24.8 Å². The molecule has 4 aromatic rings. The van der Waals surface area contributed by atoms with E-state index in [1.165, 1.54) is 25.1 Å². The van der Waals surface area contributed by atoms with E-state index in [0.29, 0.717) is 68.1 Å². The van der Waals surface area contributed by atoms with E-state index in [4.69, 9.17) is 28.4 Å². The molecule has 1 aromatic heterocycles. The summed E-state index contributed by atoms with van der Waals surface area (Å²) in [6.45, 7) is 4.81. The monoisotopic (exact) mass is 1180 g/mol. The van der Waals surface area contributed by atoms with E-state index in [0.717, 1.165) is 32.1 Å². The zero-order valence-corrected chi connectivity index (χ0v) is 47.9. The number of fused-ring (bicyclic) bond motifs is 1. The second-order valence-corrected chi connectivity index (χ2v) is 24.1. The highest BCUT2D eigenvalue weighted by molar-refractivity contribution is 7.86. The van der Waals surface area contributed by atoms with Crippen LogP contribution in [0.2, 0.25) is 0 Å². The molecule has 3 aromatic carbocycles. The molecule has 0 bridgehead atoms. The maximum Gasteiger partial charge on any atom is 0.338 e. The predicted molar refractivity (Wildman–Crippen MR) is 297 cm³/mol. The number of esters is 1. The van der Waals surface area contributed by atoms with Crippen LogP contribution in [0.3, 0.4) is 0 Å². The Balaban J connectivity index is 0.927. The van der Waals surface area contributed by atoms with Crippen LogP contribution < -0.4 is 5.32 Å². The number of amides is 1. The Hall–Kier alpha value is -5.35. The summed E-state index contributed by atoms with van der Waals surface area (Å²) in [4.78, 5) is 53.9. The third kappa shape index (κ3) is 16.3. The van der Waals surface area contributed by atoms with Crippen LogP contribution in [0.25, 0.3) is 10.8 Å². The van der Waals surface area contributed by atoms with Crippen LogP contribution in [0.5, 0.6) is 0 Å². The molecule has 4 fully saturated rings. The molecule has 23 nitrogen and oxygen atoms in total. The quantitative estimate of drug-likeness (QED) is 0.0227. The number of nitrogens with zero attached hydrogens (tertiary/aromatic N) is 3. The Morgan fingerprint density at radius 3 is 2.29 bits per heavy atom. The largest absolute Gasteiger partial charge is 0.479 e. The minimum Gasteiger partial charge on any atom is -0.479 e. The molecule has 0 spiro atoms. The van der Waals surface area contributed by atoms with Crippen molar-refractivity contribution in [3.63, 3.8) is 0 Å². The Kier molecular flexibility index (Phi) is 22.4. The molecule has 456 valence electrons. The fraction of sp³-hybridized carbons (Fsp3) is 0.627. The average molecular weight is 1180 g/mol. The summed E-state index contributed by atoms with van der Waals surface area (Å²) in [5.41, 5.74) is 1.74. The zero-order chi connectivity index (χ0) is 59.5. The lowest BCUT2D eigenvalue weighted by Gasteiger charge is -2.49. The lowest BCUT2D eigenvalue weighted by molar-refractivity contribution is -0.349. The van der Waals surface area contributed by atoms with Gasteiger partial charge in [-0.2, -0.15) is 8.42 Å². The molecule has 0 radical (unpaired) electrons. The Labute approximate surface area is 482 Å². The van der Waals surface area contributed by atoms with Gasteiger partial charge in [-0.25, -0.2) is 9.59 Å². The number of rotatable bonds is 26. The second kappa shape index (κ2) is 29.2. The smallest absolute Gasteiger partial charge is 0.338 e. The van der Waals surface area contributed by atoms with Gasteiger partial charge in [-0.3, -0.25) is 18.8 Å². The fourth-order valence-corrected chi connectivity index (χ4v) is 12.9. The number of aliphatic carboxylic acids is 1. The number of aromatic nitrogens is 3. The highest BCUT2D eigenvalue weighted by Crippen LogP contribution is 2.41. The number of hydrogen-bond acceptors (Lipinski definition) is 19.